The molecule has 0 rings (SSSR count). The number of thiol groups is 2. The van der Waals surface area contributed by atoms with Crippen molar-refractivity contribution < 1.29 is 4.79 Å². The van der Waals surface area contributed by atoms with Gasteiger partial charge in [0, 0.05) is 25.7 Å². The molecule has 0 heterocycles. The Morgan fingerprint density at radius 3 is 1.80 bits per heavy atom. The van der Waals surface area contributed by atoms with Gasteiger partial charge in [0.2, 0.25) is 5.91 Å². The third-order valence-corrected chi connectivity index (χ3v) is 3.88. The molecule has 0 aliphatic carbocycles. The van der Waals surface area contributed by atoms with E-state index in [9.17, 15) is 4.79 Å². The molecule has 0 spiro atoms. The van der Waals surface area contributed by atoms with Gasteiger partial charge in [0.1, 0.15) is 6.17 Å². The Kier molecular flexibility index (Phi) is 10.3. The van der Waals surface area contributed by atoms with Crippen molar-refractivity contribution in [1.82, 2.24) is 9.80 Å². The molecule has 0 N–H and O–H groups in total. The van der Waals surface area contributed by atoms with Crippen LogP contribution >= 0.6 is 25.3 Å². The van der Waals surface area contributed by atoms with Crippen molar-refractivity contribution in [2.24, 2.45) is 5.92 Å². The van der Waals surface area contributed by atoms with Gasteiger partial charge in [0.05, 0.1) is 0 Å². The molecule has 0 aromatic heterocycles. The fraction of sp³-hybridized carbons (Fsp3) is 0.800. The van der Waals surface area contributed by atoms with Gasteiger partial charge in [-0.05, 0) is 37.2 Å². The maximum atomic E-state index is 12.0. The van der Waals surface area contributed by atoms with E-state index in [1.807, 2.05) is 11.8 Å². The minimum atomic E-state index is 0.0600. The van der Waals surface area contributed by atoms with Crippen LogP contribution in [-0.4, -0.2) is 46.5 Å². The predicted octanol–water partition coefficient (Wildman–Crippen LogP) is 3.29. The Balaban J connectivity index is 5.20. The number of rotatable bonds is 10. The van der Waals surface area contributed by atoms with E-state index in [0.29, 0.717) is 5.92 Å². The van der Waals surface area contributed by atoms with Gasteiger partial charge in [-0.2, -0.15) is 25.3 Å². The summed E-state index contributed by atoms with van der Waals surface area (Å²) in [6.07, 6.45) is 1.95. The number of hydrogen-bond acceptors (Lipinski definition) is 4. The second kappa shape index (κ2) is 10.4. The van der Waals surface area contributed by atoms with E-state index in [-0.39, 0.29) is 12.1 Å². The number of allylic oxidation sites excluding steroid dienone is 1. The summed E-state index contributed by atoms with van der Waals surface area (Å²) in [5, 5.41) is 0. The van der Waals surface area contributed by atoms with Crippen molar-refractivity contribution in [2.45, 2.75) is 46.7 Å². The van der Waals surface area contributed by atoms with E-state index in [0.717, 1.165) is 43.1 Å². The van der Waals surface area contributed by atoms with Crippen LogP contribution in [0.3, 0.4) is 0 Å². The van der Waals surface area contributed by atoms with Crippen molar-refractivity contribution in [3.63, 3.8) is 0 Å². The number of amides is 1. The summed E-state index contributed by atoms with van der Waals surface area (Å²) in [4.78, 5) is 16.2. The first-order chi connectivity index (χ1) is 9.36. The first-order valence-electron chi connectivity index (χ1n) is 7.27. The Labute approximate surface area is 135 Å². The fourth-order valence-electron chi connectivity index (χ4n) is 2.40. The van der Waals surface area contributed by atoms with Crippen molar-refractivity contribution in [2.75, 3.05) is 24.6 Å². The summed E-state index contributed by atoms with van der Waals surface area (Å²) < 4.78 is 0. The van der Waals surface area contributed by atoms with Gasteiger partial charge < -0.3 is 9.80 Å². The summed E-state index contributed by atoms with van der Waals surface area (Å²) in [6, 6.07) is 0. The molecule has 0 aromatic rings. The molecule has 0 saturated carbocycles. The zero-order chi connectivity index (χ0) is 15.7. The Bertz CT molecular complexity index is 282. The van der Waals surface area contributed by atoms with Crippen LogP contribution in [0.25, 0.3) is 0 Å². The molecule has 3 nitrogen and oxygen atoms in total. The summed E-state index contributed by atoms with van der Waals surface area (Å²) in [7, 11) is 0. The van der Waals surface area contributed by atoms with Gasteiger partial charge in [-0.1, -0.05) is 20.4 Å². The second-order valence-electron chi connectivity index (χ2n) is 5.45. The highest BCUT2D eigenvalue weighted by molar-refractivity contribution is 7.80. The number of hydrogen-bond donors (Lipinski definition) is 2. The molecule has 0 aliphatic heterocycles. The molecule has 118 valence electrons. The molecular formula is C15H30N2OS2. The van der Waals surface area contributed by atoms with E-state index >= 15 is 0 Å². The van der Waals surface area contributed by atoms with Gasteiger partial charge >= 0.3 is 0 Å². The third kappa shape index (κ3) is 6.44. The summed E-state index contributed by atoms with van der Waals surface area (Å²) in [6.45, 7) is 13.7. The van der Waals surface area contributed by atoms with Crippen LogP contribution in [0.4, 0.5) is 0 Å². The molecule has 0 saturated heterocycles. The average Bonchev–Trinajstić information content (AvgIpc) is 2.35. The SMILES string of the molecule is C=C(C)N(CCCS)C(C(C)C)N(CCCS)C(C)=O. The van der Waals surface area contributed by atoms with E-state index in [1.165, 1.54) is 0 Å². The largest absolute Gasteiger partial charge is 0.355 e. The van der Waals surface area contributed by atoms with E-state index < -0.39 is 0 Å². The first-order valence-corrected chi connectivity index (χ1v) is 8.54. The van der Waals surface area contributed by atoms with Gasteiger partial charge in [-0.25, -0.2) is 0 Å². The summed E-state index contributed by atoms with van der Waals surface area (Å²) >= 11 is 8.54. The smallest absolute Gasteiger partial charge is 0.221 e. The zero-order valence-corrected chi connectivity index (χ0v) is 15.1. The van der Waals surface area contributed by atoms with Crippen molar-refractivity contribution >= 4 is 31.2 Å². The molecule has 1 unspecified atom stereocenters. The van der Waals surface area contributed by atoms with Crippen molar-refractivity contribution in [3.8, 4) is 0 Å². The molecule has 5 heteroatoms. The normalized spacial score (nSPS) is 12.3. The third-order valence-electron chi connectivity index (χ3n) is 3.24. The highest BCUT2D eigenvalue weighted by atomic mass is 32.1. The molecule has 0 bridgehead atoms. The van der Waals surface area contributed by atoms with Crippen LogP contribution in [0.2, 0.25) is 0 Å². The summed E-state index contributed by atoms with van der Waals surface area (Å²) in [5.74, 6) is 2.09. The predicted molar refractivity (Wildman–Crippen MR) is 94.5 cm³/mol. The van der Waals surface area contributed by atoms with Crippen LogP contribution < -0.4 is 0 Å². The maximum absolute atomic E-state index is 12.0. The molecule has 0 aromatic carbocycles. The van der Waals surface area contributed by atoms with Gasteiger partial charge in [0.25, 0.3) is 0 Å². The van der Waals surface area contributed by atoms with Gasteiger partial charge in [0.15, 0.2) is 0 Å². The minimum absolute atomic E-state index is 0.0600. The van der Waals surface area contributed by atoms with Crippen LogP contribution in [-0.2, 0) is 4.79 Å². The minimum Gasteiger partial charge on any atom is -0.355 e. The average molecular weight is 319 g/mol. The van der Waals surface area contributed by atoms with Crippen molar-refractivity contribution in [3.05, 3.63) is 12.3 Å². The lowest BCUT2D eigenvalue weighted by Crippen LogP contribution is -2.53. The Hall–Kier alpha value is -0.290. The second-order valence-corrected chi connectivity index (χ2v) is 6.35. The Morgan fingerprint density at radius 1 is 1.05 bits per heavy atom. The van der Waals surface area contributed by atoms with Crippen LogP contribution in [0.1, 0.15) is 40.5 Å². The van der Waals surface area contributed by atoms with Crippen LogP contribution in [0.5, 0.6) is 0 Å². The van der Waals surface area contributed by atoms with E-state index in [4.69, 9.17) is 0 Å². The maximum Gasteiger partial charge on any atom is 0.221 e. The molecular weight excluding hydrogens is 288 g/mol. The van der Waals surface area contributed by atoms with Gasteiger partial charge in [-0.15, -0.1) is 0 Å². The first kappa shape index (κ1) is 19.7. The monoisotopic (exact) mass is 318 g/mol. The molecule has 0 aliphatic rings. The standard InChI is InChI=1S/C15H30N2OS2/c1-12(2)15(16(13(3)4)8-6-10-19)17(14(5)18)9-7-11-20/h12,15,19-20H,3,6-11H2,1-2,4-5H3. The molecule has 0 radical (unpaired) electrons. The highest BCUT2D eigenvalue weighted by Crippen LogP contribution is 2.21. The lowest BCUT2D eigenvalue weighted by atomic mass is 10.1. The molecule has 0 fully saturated rings. The topological polar surface area (TPSA) is 23.6 Å². The van der Waals surface area contributed by atoms with E-state index in [1.54, 1.807) is 6.92 Å². The highest BCUT2D eigenvalue weighted by Gasteiger charge is 2.29. The quantitative estimate of drug-likeness (QED) is 0.477. The van der Waals surface area contributed by atoms with Crippen LogP contribution in [0, 0.1) is 5.92 Å². The summed E-state index contributed by atoms with van der Waals surface area (Å²) in [5.41, 5.74) is 1.00. The number of carbonyl (C=O) groups excluding carboxylic acids is 1. The fourth-order valence-corrected chi connectivity index (χ4v) is 2.68. The number of carbonyl (C=O) groups is 1. The molecule has 1 atom stereocenters. The molecule has 20 heavy (non-hydrogen) atoms. The van der Waals surface area contributed by atoms with Crippen LogP contribution in [0.15, 0.2) is 12.3 Å². The zero-order valence-electron chi connectivity index (χ0n) is 13.3. The lowest BCUT2D eigenvalue weighted by Gasteiger charge is -2.43. The van der Waals surface area contributed by atoms with E-state index in [2.05, 4.69) is 50.6 Å². The van der Waals surface area contributed by atoms with Crippen molar-refractivity contribution in [1.29, 1.82) is 0 Å². The number of nitrogens with zero attached hydrogens (tertiary/aromatic N) is 2. The molecule has 1 amide bonds. The Morgan fingerprint density at radius 2 is 1.50 bits per heavy atom. The van der Waals surface area contributed by atoms with Gasteiger partial charge in [-0.3, -0.25) is 4.79 Å². The lowest BCUT2D eigenvalue weighted by molar-refractivity contribution is -0.136.